The average molecular weight is 1710 g/mol. The zero-order valence-electron chi connectivity index (χ0n) is 72.7. The Morgan fingerprint density at radius 1 is 0.336 bits per heavy atom. The number of aliphatic carboxylic acids is 1. The molecule has 0 aliphatic heterocycles. The third kappa shape index (κ3) is 48.8. The van der Waals surface area contributed by atoms with Crippen LogP contribution in [0, 0.1) is 35.5 Å². The maximum absolute atomic E-state index is 14.2. The number of ether oxygens (including phenoxy) is 9. The number of benzene rings is 4. The van der Waals surface area contributed by atoms with Crippen molar-refractivity contribution in [2.45, 2.75) is 247 Å². The summed E-state index contributed by atoms with van der Waals surface area (Å²) in [5.74, 6) is -14.8. The number of rotatable bonds is 62. The smallest absolute Gasteiger partial charge is 0.307 e. The molecule has 0 fully saturated rings. The Morgan fingerprint density at radius 3 is 0.918 bits per heavy atom. The first-order valence-electron chi connectivity index (χ1n) is 41.7. The average Bonchev–Trinajstić information content (AvgIpc) is 0.862. The van der Waals surface area contributed by atoms with Crippen LogP contribution < -0.4 is 21.3 Å². The third-order valence-corrected chi connectivity index (χ3v) is 18.9. The summed E-state index contributed by atoms with van der Waals surface area (Å²) >= 11 is 0. The molecule has 0 aromatic heterocycles. The minimum atomic E-state index is -1.29. The molecule has 0 radical (unpaired) electrons. The maximum Gasteiger partial charge on any atom is 0.307 e. The van der Waals surface area contributed by atoms with E-state index in [4.69, 9.17) is 42.6 Å². The molecule has 122 heavy (non-hydrogen) atoms. The van der Waals surface area contributed by atoms with Crippen LogP contribution in [-0.2, 0) is 146 Å². The van der Waals surface area contributed by atoms with Gasteiger partial charge in [0.15, 0.2) is 23.1 Å². The second-order valence-electron chi connectivity index (χ2n) is 31.9. The van der Waals surface area contributed by atoms with Gasteiger partial charge < -0.3 is 78.6 Å². The number of amides is 4. The lowest BCUT2D eigenvalue weighted by molar-refractivity contribution is -0.157. The molecule has 4 aromatic rings. The molecule has 4 rings (SSSR count). The van der Waals surface area contributed by atoms with E-state index in [9.17, 15) is 81.8 Å². The van der Waals surface area contributed by atoms with E-state index in [1.165, 1.54) is 21.0 Å². The van der Waals surface area contributed by atoms with Gasteiger partial charge in [0.25, 0.3) is 0 Å². The number of carbonyl (C=O) groups excluding carboxylic acids is 15. The Balaban J connectivity index is 0.000000632. The summed E-state index contributed by atoms with van der Waals surface area (Å²) < 4.78 is 48.0. The number of esters is 5. The van der Waals surface area contributed by atoms with Gasteiger partial charge in [-0.15, -0.1) is 0 Å². The van der Waals surface area contributed by atoms with Crippen molar-refractivity contribution in [2.24, 2.45) is 35.5 Å². The van der Waals surface area contributed by atoms with Gasteiger partial charge in [0, 0.05) is 103 Å². The second-order valence-corrected chi connectivity index (χ2v) is 31.9. The molecule has 5 N–H and O–H groups in total. The van der Waals surface area contributed by atoms with Gasteiger partial charge in [-0.05, 0) is 120 Å². The van der Waals surface area contributed by atoms with Gasteiger partial charge in [-0.1, -0.05) is 149 Å². The van der Waals surface area contributed by atoms with Crippen molar-refractivity contribution < 1.29 is 124 Å². The van der Waals surface area contributed by atoms with Gasteiger partial charge in [0.1, 0.15) is 43.6 Å². The number of Topliss-reactive ketones (excluding diaryl/α,β-unsaturated/α-hetero) is 6. The van der Waals surface area contributed by atoms with Crippen LogP contribution in [0.4, 0.5) is 0 Å². The molecule has 0 aliphatic rings. The van der Waals surface area contributed by atoms with Crippen LogP contribution in [0.25, 0.3) is 0 Å². The van der Waals surface area contributed by atoms with E-state index in [1.807, 2.05) is 64.1 Å². The standard InChI is InChI=1S/C48H68N2O13.C44H60N2O13/c1-33(2)27-40(50-47(58)38(28-34(3)51)30-45(56)63-48(4,5)6)42(53)29-37(20-22-43(54)61-31-35-15-10-8-11-16-35)46(57)49-39(41(52)19-14-24-60-26-25-59-7)21-23-44(55)62-32-36-17-12-9-13-18-36;1-30(2)24-37(46-44(55)35(25-31(3)47)27-40(50)51)39(49)26-34(17-19-41(52)58-28-32-12-7-5-8-13-32)43(54)45-36(38(48)16-11-21-57-23-22-56-4)18-20-42(53)59-29-33-14-9-6-10-15-33/h8-13,15-18,33,37-40H,14,19-32H2,1-7H3,(H,49,57)(H,50,58);5-10,12-15,30,34-37H,11,16-29H2,1-4H3,(H,45,54)(H,46,55)(H,50,51)/t37-,38+,39-,40-;34-,35+,36-,37-/m11/s1. The highest BCUT2D eigenvalue weighted by atomic mass is 16.6. The normalized spacial score (nSPS) is 13.1. The highest BCUT2D eigenvalue weighted by molar-refractivity contribution is 5.98. The molecular weight excluding hydrogens is 1580 g/mol. The van der Waals surface area contributed by atoms with Crippen LogP contribution in [0.5, 0.6) is 0 Å². The number of methoxy groups -OCH3 is 2. The van der Waals surface area contributed by atoms with Gasteiger partial charge in [-0.3, -0.25) is 67.1 Å². The first kappa shape index (κ1) is 106. The first-order chi connectivity index (χ1) is 58.0. The summed E-state index contributed by atoms with van der Waals surface area (Å²) in [5, 5.41) is 20.2. The van der Waals surface area contributed by atoms with Crippen molar-refractivity contribution in [3.63, 3.8) is 0 Å². The minimum Gasteiger partial charge on any atom is -0.481 e. The fourth-order valence-electron chi connectivity index (χ4n) is 12.6. The monoisotopic (exact) mass is 1700 g/mol. The molecule has 4 aromatic carbocycles. The molecule has 672 valence electrons. The van der Waals surface area contributed by atoms with Crippen molar-refractivity contribution in [3.8, 4) is 0 Å². The van der Waals surface area contributed by atoms with E-state index >= 15 is 0 Å². The number of carboxylic acid groups (broad SMARTS) is 1. The molecule has 0 spiro atoms. The van der Waals surface area contributed by atoms with Crippen LogP contribution in [0.3, 0.4) is 0 Å². The van der Waals surface area contributed by atoms with Crippen LogP contribution in [0.1, 0.15) is 213 Å². The fourth-order valence-corrected chi connectivity index (χ4v) is 12.6. The van der Waals surface area contributed by atoms with Crippen molar-refractivity contribution >= 4 is 94.1 Å². The van der Waals surface area contributed by atoms with E-state index < -0.39 is 156 Å². The Kier molecular flexibility index (Phi) is 52.0. The van der Waals surface area contributed by atoms with Gasteiger partial charge in [0.2, 0.25) is 23.6 Å². The van der Waals surface area contributed by atoms with Crippen LogP contribution in [-0.4, -0.2) is 183 Å². The molecule has 4 amide bonds. The van der Waals surface area contributed by atoms with E-state index in [-0.39, 0.29) is 159 Å². The number of hydrogen-bond donors (Lipinski definition) is 5. The van der Waals surface area contributed by atoms with Crippen molar-refractivity contribution in [3.05, 3.63) is 144 Å². The molecule has 0 heterocycles. The molecule has 0 aliphatic carbocycles. The third-order valence-electron chi connectivity index (χ3n) is 18.9. The minimum absolute atomic E-state index is 0.00514. The van der Waals surface area contributed by atoms with E-state index in [0.29, 0.717) is 39.3 Å². The van der Waals surface area contributed by atoms with Crippen LogP contribution in [0.15, 0.2) is 121 Å². The van der Waals surface area contributed by atoms with Crippen molar-refractivity contribution in [1.82, 2.24) is 21.3 Å². The Bertz CT molecular complexity index is 3890. The van der Waals surface area contributed by atoms with Gasteiger partial charge >= 0.3 is 35.8 Å². The molecule has 30 heteroatoms. The number of nitrogens with one attached hydrogen (secondary N) is 4. The SMILES string of the molecule is COCCOCCCC(=O)[C@@H](CCC(=O)OCc1ccccc1)NC(=O)[C@H](CCC(=O)OCc1ccccc1)CC(=O)[C@@H](CC(C)C)NC(=O)[C@@H](CC(C)=O)CC(=O)O.COCCOCCCC(=O)[C@@H](CCC(=O)OCc1ccccc1)NC(=O)[C@H](CCC(=O)OCc1ccccc1)CC(=O)[C@@H](CC(C)C)NC(=O)[C@@H](CC(C)=O)CC(=O)OC(C)(C)C. The zero-order valence-corrected chi connectivity index (χ0v) is 72.7. The van der Waals surface area contributed by atoms with E-state index in [1.54, 1.807) is 113 Å². The summed E-state index contributed by atoms with van der Waals surface area (Å²) in [4.78, 5) is 210. The number of ketones is 6. The lowest BCUT2D eigenvalue weighted by Crippen LogP contribution is -2.48. The highest BCUT2D eigenvalue weighted by Gasteiger charge is 2.37. The van der Waals surface area contributed by atoms with Gasteiger partial charge in [-0.2, -0.15) is 0 Å². The van der Waals surface area contributed by atoms with E-state index in [2.05, 4.69) is 21.3 Å². The quantitative estimate of drug-likeness (QED) is 0.0156. The van der Waals surface area contributed by atoms with Crippen molar-refractivity contribution in [1.29, 1.82) is 0 Å². The fraction of sp³-hybridized carbons (Fsp3) is 0.565. The Hall–Kier alpha value is -10.6. The zero-order chi connectivity index (χ0) is 90.4. The van der Waals surface area contributed by atoms with Crippen LogP contribution >= 0.6 is 0 Å². The summed E-state index contributed by atoms with van der Waals surface area (Å²) in [6, 6.07) is 31.5. The molecular formula is C92H128N4O26. The summed E-state index contributed by atoms with van der Waals surface area (Å²) in [7, 11) is 3.08. The second kappa shape index (κ2) is 60.0. The molecule has 8 atom stereocenters. The number of hydrogen-bond acceptors (Lipinski definition) is 25. The highest BCUT2D eigenvalue weighted by Crippen LogP contribution is 2.25. The molecule has 0 saturated carbocycles. The molecule has 0 unspecified atom stereocenters. The summed E-state index contributed by atoms with van der Waals surface area (Å²) in [5.41, 5.74) is 2.22. The Labute approximate surface area is 716 Å². The van der Waals surface area contributed by atoms with Gasteiger partial charge in [0.05, 0.1) is 75.3 Å². The van der Waals surface area contributed by atoms with Crippen molar-refractivity contribution in [2.75, 3.05) is 53.9 Å². The maximum atomic E-state index is 14.2. The predicted octanol–water partition coefficient (Wildman–Crippen LogP) is 10.7. The lowest BCUT2D eigenvalue weighted by Gasteiger charge is -2.26. The molecule has 30 nitrogen and oxygen atoms in total. The Morgan fingerprint density at radius 2 is 0.631 bits per heavy atom. The van der Waals surface area contributed by atoms with Gasteiger partial charge in [-0.25, -0.2) is 0 Å². The number of carbonyl (C=O) groups is 16. The van der Waals surface area contributed by atoms with E-state index in [0.717, 1.165) is 22.3 Å². The summed E-state index contributed by atoms with van der Waals surface area (Å²) in [6.45, 7) is 16.8. The molecule has 0 saturated heterocycles. The topological polar surface area (TPSA) is 425 Å². The largest absolute Gasteiger partial charge is 0.481 e. The predicted molar refractivity (Wildman–Crippen MR) is 449 cm³/mol. The van der Waals surface area contributed by atoms with Crippen LogP contribution in [0.2, 0.25) is 0 Å². The number of carboxylic acids is 1. The lowest BCUT2D eigenvalue weighted by atomic mass is 9.89. The summed E-state index contributed by atoms with van der Waals surface area (Å²) in [6.07, 6.45) is -2.97. The molecule has 0 bridgehead atoms. The first-order valence-corrected chi connectivity index (χ1v) is 41.7.